The van der Waals surface area contributed by atoms with Crippen molar-refractivity contribution in [1.29, 1.82) is 0 Å². The number of nitrogens with zero attached hydrogens (tertiary/aromatic N) is 2. The minimum Gasteiger partial charge on any atom is -0.480 e. The highest BCUT2D eigenvalue weighted by Crippen LogP contribution is 2.23. The maximum absolute atomic E-state index is 12.1. The molecule has 2 N–H and O–H groups in total. The molecule has 104 valence electrons. The number of rotatable bonds is 5. The van der Waals surface area contributed by atoms with Crippen LogP contribution >= 0.6 is 11.3 Å². The lowest BCUT2D eigenvalue weighted by atomic mass is 10.2. The molecule has 2 amide bonds. The molecule has 1 aromatic rings. The number of amides is 2. The smallest absolute Gasteiger partial charge is 0.323 e. The fraction of sp³-hybridized carbons (Fsp3) is 0.583. The second-order valence-corrected chi connectivity index (χ2v) is 5.52. The van der Waals surface area contributed by atoms with Gasteiger partial charge in [-0.15, -0.1) is 11.3 Å². The Morgan fingerprint density at radius 1 is 1.47 bits per heavy atom. The van der Waals surface area contributed by atoms with E-state index in [4.69, 9.17) is 5.11 Å². The molecule has 0 bridgehead atoms. The molecule has 2 rings (SSSR count). The van der Waals surface area contributed by atoms with Crippen molar-refractivity contribution in [3.05, 3.63) is 16.6 Å². The SMILES string of the molecule is O=C(O)CN(C(=O)NCc1nccs1)C1CCCC1. The Morgan fingerprint density at radius 2 is 2.21 bits per heavy atom. The third kappa shape index (κ3) is 3.92. The van der Waals surface area contributed by atoms with Crippen molar-refractivity contribution < 1.29 is 14.7 Å². The number of nitrogens with one attached hydrogen (secondary N) is 1. The Hall–Kier alpha value is -1.63. The van der Waals surface area contributed by atoms with Gasteiger partial charge < -0.3 is 15.3 Å². The molecule has 1 heterocycles. The minimum absolute atomic E-state index is 0.0485. The molecule has 0 aliphatic heterocycles. The average molecular weight is 283 g/mol. The minimum atomic E-state index is -0.976. The van der Waals surface area contributed by atoms with Gasteiger partial charge >= 0.3 is 12.0 Å². The van der Waals surface area contributed by atoms with E-state index in [1.165, 1.54) is 16.2 Å². The Kier molecular flexibility index (Phi) is 4.73. The van der Waals surface area contributed by atoms with Crippen LogP contribution in [0, 0.1) is 0 Å². The molecule has 0 spiro atoms. The molecule has 0 radical (unpaired) electrons. The van der Waals surface area contributed by atoms with Crippen molar-refractivity contribution in [3.8, 4) is 0 Å². The zero-order chi connectivity index (χ0) is 13.7. The summed E-state index contributed by atoms with van der Waals surface area (Å²) in [5.41, 5.74) is 0. The molecule has 1 aromatic heterocycles. The summed E-state index contributed by atoms with van der Waals surface area (Å²) in [6.45, 7) is 0.105. The molecule has 1 saturated carbocycles. The number of carboxylic acid groups (broad SMARTS) is 1. The summed E-state index contributed by atoms with van der Waals surface area (Å²) < 4.78 is 0. The zero-order valence-corrected chi connectivity index (χ0v) is 11.4. The first-order chi connectivity index (χ1) is 9.16. The molecule has 1 aliphatic carbocycles. The quantitative estimate of drug-likeness (QED) is 0.861. The predicted molar refractivity (Wildman–Crippen MR) is 70.9 cm³/mol. The van der Waals surface area contributed by atoms with Gasteiger partial charge in [0, 0.05) is 17.6 Å². The van der Waals surface area contributed by atoms with Crippen LogP contribution in [0.3, 0.4) is 0 Å². The number of hydrogen-bond acceptors (Lipinski definition) is 4. The van der Waals surface area contributed by atoms with Crippen LogP contribution in [0.2, 0.25) is 0 Å². The first-order valence-electron chi connectivity index (χ1n) is 6.31. The highest BCUT2D eigenvalue weighted by atomic mass is 32.1. The van der Waals surface area contributed by atoms with Crippen molar-refractivity contribution in [3.63, 3.8) is 0 Å². The van der Waals surface area contributed by atoms with E-state index >= 15 is 0 Å². The maximum atomic E-state index is 12.1. The van der Waals surface area contributed by atoms with E-state index in [0.29, 0.717) is 6.54 Å². The van der Waals surface area contributed by atoms with Crippen molar-refractivity contribution in [2.75, 3.05) is 6.54 Å². The fourth-order valence-electron chi connectivity index (χ4n) is 2.32. The third-order valence-corrected chi connectivity index (χ3v) is 3.99. The maximum Gasteiger partial charge on any atom is 0.323 e. The summed E-state index contributed by atoms with van der Waals surface area (Å²) in [5.74, 6) is -0.976. The Bertz CT molecular complexity index is 429. The van der Waals surface area contributed by atoms with Crippen LogP contribution in [-0.4, -0.2) is 39.6 Å². The lowest BCUT2D eigenvalue weighted by molar-refractivity contribution is -0.138. The number of aromatic nitrogens is 1. The van der Waals surface area contributed by atoms with Gasteiger partial charge in [0.25, 0.3) is 0 Å². The topological polar surface area (TPSA) is 82.5 Å². The predicted octanol–water partition coefficient (Wildman–Crippen LogP) is 1.68. The third-order valence-electron chi connectivity index (χ3n) is 3.21. The van der Waals surface area contributed by atoms with Gasteiger partial charge in [-0.2, -0.15) is 0 Å². The van der Waals surface area contributed by atoms with Gasteiger partial charge in [0.05, 0.1) is 6.54 Å². The summed E-state index contributed by atoms with van der Waals surface area (Å²) in [7, 11) is 0. The van der Waals surface area contributed by atoms with E-state index in [0.717, 1.165) is 30.7 Å². The Balaban J connectivity index is 1.92. The second kappa shape index (κ2) is 6.51. The molecule has 0 unspecified atom stereocenters. The van der Waals surface area contributed by atoms with Gasteiger partial charge in [0.2, 0.25) is 0 Å². The molecular formula is C12H17N3O3S. The molecular weight excluding hydrogens is 266 g/mol. The van der Waals surface area contributed by atoms with Crippen molar-refractivity contribution in [1.82, 2.24) is 15.2 Å². The normalized spacial score (nSPS) is 15.4. The number of aliphatic carboxylic acids is 1. The monoisotopic (exact) mass is 283 g/mol. The van der Waals surface area contributed by atoms with Crippen molar-refractivity contribution in [2.45, 2.75) is 38.3 Å². The van der Waals surface area contributed by atoms with Gasteiger partial charge in [-0.1, -0.05) is 12.8 Å². The molecule has 1 aliphatic rings. The lowest BCUT2D eigenvalue weighted by Crippen LogP contribution is -2.47. The first kappa shape index (κ1) is 13.8. The summed E-state index contributed by atoms with van der Waals surface area (Å²) in [6.07, 6.45) is 5.56. The second-order valence-electron chi connectivity index (χ2n) is 4.54. The Morgan fingerprint density at radius 3 is 2.79 bits per heavy atom. The van der Waals surface area contributed by atoms with Crippen LogP contribution in [0.1, 0.15) is 30.7 Å². The van der Waals surface area contributed by atoms with Gasteiger partial charge in [-0.05, 0) is 12.8 Å². The average Bonchev–Trinajstić information content (AvgIpc) is 3.05. The van der Waals surface area contributed by atoms with Gasteiger partial charge in [-0.25, -0.2) is 9.78 Å². The molecule has 6 nitrogen and oxygen atoms in total. The van der Waals surface area contributed by atoms with Gasteiger partial charge in [0.15, 0.2) is 0 Å². The summed E-state index contributed by atoms with van der Waals surface area (Å²) in [5, 5.41) is 14.3. The number of thiazole rings is 1. The number of carboxylic acids is 1. The zero-order valence-electron chi connectivity index (χ0n) is 10.5. The van der Waals surface area contributed by atoms with E-state index < -0.39 is 5.97 Å². The molecule has 1 fully saturated rings. The van der Waals surface area contributed by atoms with Crippen LogP contribution in [0.25, 0.3) is 0 Å². The highest BCUT2D eigenvalue weighted by Gasteiger charge is 2.28. The van der Waals surface area contributed by atoms with E-state index in [-0.39, 0.29) is 18.6 Å². The van der Waals surface area contributed by atoms with Gasteiger partial charge in [-0.3, -0.25) is 4.79 Å². The number of carbonyl (C=O) groups is 2. The molecule has 0 atom stereocenters. The molecule has 19 heavy (non-hydrogen) atoms. The standard InChI is InChI=1S/C12H17N3O3S/c16-11(17)8-15(9-3-1-2-4-9)12(18)14-7-10-13-5-6-19-10/h5-6,9H,1-4,7-8H2,(H,14,18)(H,16,17). The molecule has 0 aromatic carbocycles. The molecule has 7 heteroatoms. The van der Waals surface area contributed by atoms with Crippen LogP contribution in [0.15, 0.2) is 11.6 Å². The number of carbonyl (C=O) groups excluding carboxylic acids is 1. The van der Waals surface area contributed by atoms with Crippen LogP contribution in [0.4, 0.5) is 4.79 Å². The van der Waals surface area contributed by atoms with E-state index in [1.807, 2.05) is 5.38 Å². The fourth-order valence-corrected chi connectivity index (χ4v) is 2.88. The summed E-state index contributed by atoms with van der Waals surface area (Å²) in [6, 6.07) is -0.267. The van der Waals surface area contributed by atoms with E-state index in [9.17, 15) is 9.59 Å². The number of urea groups is 1. The summed E-state index contributed by atoms with van der Waals surface area (Å²) in [4.78, 5) is 28.5. The first-order valence-corrected chi connectivity index (χ1v) is 7.19. The van der Waals surface area contributed by atoms with E-state index in [2.05, 4.69) is 10.3 Å². The van der Waals surface area contributed by atoms with E-state index in [1.54, 1.807) is 6.20 Å². The largest absolute Gasteiger partial charge is 0.480 e. The Labute approximate surface area is 115 Å². The summed E-state index contributed by atoms with van der Waals surface area (Å²) >= 11 is 1.46. The van der Waals surface area contributed by atoms with Crippen LogP contribution in [0.5, 0.6) is 0 Å². The lowest BCUT2D eigenvalue weighted by Gasteiger charge is -2.27. The van der Waals surface area contributed by atoms with Crippen molar-refractivity contribution >= 4 is 23.3 Å². The van der Waals surface area contributed by atoms with Gasteiger partial charge in [0.1, 0.15) is 11.6 Å². The van der Waals surface area contributed by atoms with Crippen molar-refractivity contribution in [2.24, 2.45) is 0 Å². The molecule has 0 saturated heterocycles. The number of hydrogen-bond donors (Lipinski definition) is 2. The van der Waals surface area contributed by atoms with Crippen LogP contribution in [-0.2, 0) is 11.3 Å². The highest BCUT2D eigenvalue weighted by molar-refractivity contribution is 7.09. The van der Waals surface area contributed by atoms with Crippen LogP contribution < -0.4 is 5.32 Å².